The van der Waals surface area contributed by atoms with Crippen LogP contribution in [-0.4, -0.2) is 51.5 Å². The zero-order valence-corrected chi connectivity index (χ0v) is 12.9. The summed E-state index contributed by atoms with van der Waals surface area (Å²) in [7, 11) is 0. The van der Waals surface area contributed by atoms with Gasteiger partial charge in [0.2, 0.25) is 5.91 Å². The first kappa shape index (κ1) is 14.6. The number of hydrogen-bond donors (Lipinski definition) is 0. The topological polar surface area (TPSA) is 54.3 Å². The number of carbonyl (C=O) groups excluding carboxylic acids is 1. The van der Waals surface area contributed by atoms with Gasteiger partial charge in [0, 0.05) is 51.1 Å². The summed E-state index contributed by atoms with van der Waals surface area (Å²) in [6.07, 6.45) is 7.08. The van der Waals surface area contributed by atoms with E-state index < -0.39 is 0 Å². The zero-order valence-electron chi connectivity index (χ0n) is 12.9. The Kier molecular flexibility index (Phi) is 4.37. The van der Waals surface area contributed by atoms with Crippen LogP contribution >= 0.6 is 0 Å². The van der Waals surface area contributed by atoms with E-state index in [1.54, 1.807) is 6.33 Å². The summed E-state index contributed by atoms with van der Waals surface area (Å²) in [5.74, 6) is 2.04. The standard InChI is InChI=1S/C16H21N5O/c1-2-5-16(22)21-10-8-20(9-11-21)15-12-14(17-13-18-15)19-6-3-4-7-19/h3-4,6-7,12-13H,2,5,8-11H2,1H3. The first-order chi connectivity index (χ1) is 10.8. The van der Waals surface area contributed by atoms with Crippen LogP contribution in [0.25, 0.3) is 5.82 Å². The van der Waals surface area contributed by atoms with E-state index in [4.69, 9.17) is 0 Å². The van der Waals surface area contributed by atoms with Crippen LogP contribution in [0.2, 0.25) is 0 Å². The Morgan fingerprint density at radius 1 is 1.09 bits per heavy atom. The van der Waals surface area contributed by atoms with Gasteiger partial charge in [-0.25, -0.2) is 9.97 Å². The number of amides is 1. The molecule has 6 nitrogen and oxygen atoms in total. The molecule has 22 heavy (non-hydrogen) atoms. The summed E-state index contributed by atoms with van der Waals surface area (Å²) in [4.78, 5) is 24.8. The summed E-state index contributed by atoms with van der Waals surface area (Å²) in [6, 6.07) is 5.93. The molecular weight excluding hydrogens is 278 g/mol. The van der Waals surface area contributed by atoms with Gasteiger partial charge in [0.25, 0.3) is 0 Å². The molecule has 0 aliphatic carbocycles. The molecule has 3 heterocycles. The summed E-state index contributed by atoms with van der Waals surface area (Å²) < 4.78 is 1.96. The lowest BCUT2D eigenvalue weighted by Crippen LogP contribution is -2.49. The van der Waals surface area contributed by atoms with Crippen molar-refractivity contribution in [2.45, 2.75) is 19.8 Å². The first-order valence-electron chi connectivity index (χ1n) is 7.76. The zero-order chi connectivity index (χ0) is 15.4. The number of rotatable bonds is 4. The van der Waals surface area contributed by atoms with Crippen LogP contribution in [-0.2, 0) is 4.79 Å². The largest absolute Gasteiger partial charge is 0.353 e. The molecule has 0 spiro atoms. The number of anilines is 1. The molecule has 1 amide bonds. The molecule has 2 aromatic heterocycles. The molecule has 0 N–H and O–H groups in total. The molecule has 1 aliphatic heterocycles. The SMILES string of the molecule is CCCC(=O)N1CCN(c2cc(-n3cccc3)ncn2)CC1. The van der Waals surface area contributed by atoms with Crippen molar-refractivity contribution in [1.82, 2.24) is 19.4 Å². The predicted molar refractivity (Wildman–Crippen MR) is 85.1 cm³/mol. The molecule has 0 bridgehead atoms. The van der Waals surface area contributed by atoms with Crippen molar-refractivity contribution in [2.24, 2.45) is 0 Å². The molecule has 3 rings (SSSR count). The number of hydrogen-bond acceptors (Lipinski definition) is 4. The van der Waals surface area contributed by atoms with Crippen molar-refractivity contribution in [2.75, 3.05) is 31.1 Å². The molecule has 116 valence electrons. The van der Waals surface area contributed by atoms with Gasteiger partial charge in [0.1, 0.15) is 18.0 Å². The van der Waals surface area contributed by atoms with E-state index in [0.29, 0.717) is 6.42 Å². The monoisotopic (exact) mass is 299 g/mol. The van der Waals surface area contributed by atoms with E-state index in [9.17, 15) is 4.79 Å². The average molecular weight is 299 g/mol. The van der Waals surface area contributed by atoms with Crippen LogP contribution in [0.3, 0.4) is 0 Å². The molecule has 0 aromatic carbocycles. The number of nitrogens with zero attached hydrogens (tertiary/aromatic N) is 5. The van der Waals surface area contributed by atoms with Crippen LogP contribution in [0.1, 0.15) is 19.8 Å². The second-order valence-corrected chi connectivity index (χ2v) is 5.44. The molecule has 0 unspecified atom stereocenters. The van der Waals surface area contributed by atoms with Crippen molar-refractivity contribution in [1.29, 1.82) is 0 Å². The highest BCUT2D eigenvalue weighted by Crippen LogP contribution is 2.16. The van der Waals surface area contributed by atoms with Crippen molar-refractivity contribution < 1.29 is 4.79 Å². The van der Waals surface area contributed by atoms with Crippen LogP contribution in [0.4, 0.5) is 5.82 Å². The van der Waals surface area contributed by atoms with E-state index in [2.05, 4.69) is 14.9 Å². The minimum absolute atomic E-state index is 0.262. The maximum atomic E-state index is 11.9. The average Bonchev–Trinajstić information content (AvgIpc) is 3.10. The van der Waals surface area contributed by atoms with Gasteiger partial charge >= 0.3 is 0 Å². The second-order valence-electron chi connectivity index (χ2n) is 5.44. The lowest BCUT2D eigenvalue weighted by atomic mass is 10.2. The van der Waals surface area contributed by atoms with Crippen LogP contribution in [0.15, 0.2) is 36.9 Å². The normalized spacial score (nSPS) is 15.1. The first-order valence-corrected chi connectivity index (χ1v) is 7.76. The lowest BCUT2D eigenvalue weighted by Gasteiger charge is -2.35. The molecule has 1 saturated heterocycles. The van der Waals surface area contributed by atoms with Crippen molar-refractivity contribution in [3.05, 3.63) is 36.9 Å². The third kappa shape index (κ3) is 3.10. The van der Waals surface area contributed by atoms with Crippen molar-refractivity contribution in [3.8, 4) is 5.82 Å². The van der Waals surface area contributed by atoms with Crippen LogP contribution in [0.5, 0.6) is 0 Å². The summed E-state index contributed by atoms with van der Waals surface area (Å²) in [5.41, 5.74) is 0. The summed E-state index contributed by atoms with van der Waals surface area (Å²) in [6.45, 7) is 5.20. The maximum absolute atomic E-state index is 11.9. The third-order valence-electron chi connectivity index (χ3n) is 3.93. The molecule has 6 heteroatoms. The van der Waals surface area contributed by atoms with Gasteiger partial charge in [-0.15, -0.1) is 0 Å². The highest BCUT2D eigenvalue weighted by molar-refractivity contribution is 5.76. The molecule has 1 fully saturated rings. The fraction of sp³-hybridized carbons (Fsp3) is 0.438. The van der Waals surface area contributed by atoms with E-state index in [1.165, 1.54) is 0 Å². The van der Waals surface area contributed by atoms with Gasteiger partial charge in [-0.3, -0.25) is 4.79 Å². The van der Waals surface area contributed by atoms with Crippen molar-refractivity contribution in [3.63, 3.8) is 0 Å². The van der Waals surface area contributed by atoms with Crippen LogP contribution < -0.4 is 4.90 Å². The highest BCUT2D eigenvalue weighted by atomic mass is 16.2. The number of aromatic nitrogens is 3. The molecule has 0 atom stereocenters. The molecule has 1 aliphatic rings. The predicted octanol–water partition coefficient (Wildman–Crippen LogP) is 1.72. The minimum Gasteiger partial charge on any atom is -0.353 e. The lowest BCUT2D eigenvalue weighted by molar-refractivity contribution is -0.131. The van der Waals surface area contributed by atoms with E-state index >= 15 is 0 Å². The summed E-state index contributed by atoms with van der Waals surface area (Å²) in [5, 5.41) is 0. The Morgan fingerprint density at radius 2 is 1.77 bits per heavy atom. The van der Waals surface area contributed by atoms with Gasteiger partial charge < -0.3 is 14.4 Å². The fourth-order valence-corrected chi connectivity index (χ4v) is 2.70. The number of carbonyl (C=O) groups is 1. The number of piperazine rings is 1. The Morgan fingerprint density at radius 3 is 2.45 bits per heavy atom. The fourth-order valence-electron chi connectivity index (χ4n) is 2.70. The van der Waals surface area contributed by atoms with E-state index in [1.807, 2.05) is 47.0 Å². The Bertz CT molecular complexity index is 617. The van der Waals surface area contributed by atoms with Crippen LogP contribution in [0, 0.1) is 0 Å². The Hall–Kier alpha value is -2.37. The minimum atomic E-state index is 0.262. The third-order valence-corrected chi connectivity index (χ3v) is 3.93. The quantitative estimate of drug-likeness (QED) is 0.862. The smallest absolute Gasteiger partial charge is 0.222 e. The van der Waals surface area contributed by atoms with Gasteiger partial charge in [-0.1, -0.05) is 6.92 Å². The highest BCUT2D eigenvalue weighted by Gasteiger charge is 2.21. The Balaban J connectivity index is 1.66. The summed E-state index contributed by atoms with van der Waals surface area (Å²) >= 11 is 0. The Labute approximate surface area is 130 Å². The van der Waals surface area contributed by atoms with Gasteiger partial charge in [-0.2, -0.15) is 0 Å². The molecule has 0 saturated carbocycles. The van der Waals surface area contributed by atoms with Gasteiger partial charge in [-0.05, 0) is 18.6 Å². The van der Waals surface area contributed by atoms with Gasteiger partial charge in [0.15, 0.2) is 0 Å². The van der Waals surface area contributed by atoms with Crippen molar-refractivity contribution >= 4 is 11.7 Å². The molecule has 2 aromatic rings. The van der Waals surface area contributed by atoms with E-state index in [0.717, 1.165) is 44.2 Å². The maximum Gasteiger partial charge on any atom is 0.222 e. The molecular formula is C16H21N5O. The van der Waals surface area contributed by atoms with E-state index in [-0.39, 0.29) is 5.91 Å². The second kappa shape index (κ2) is 6.60. The molecule has 0 radical (unpaired) electrons. The van der Waals surface area contributed by atoms with Gasteiger partial charge in [0.05, 0.1) is 0 Å².